The summed E-state index contributed by atoms with van der Waals surface area (Å²) in [5.74, 6) is -0.340. The minimum absolute atomic E-state index is 0.340. The van der Waals surface area contributed by atoms with Gasteiger partial charge in [-0.15, -0.1) is 0 Å². The highest BCUT2D eigenvalue weighted by Gasteiger charge is 2.19. The largest absolute Gasteiger partial charge is 0.368 e. The molecule has 1 atom stereocenters. The molecule has 3 heteroatoms. The molecule has 0 spiro atoms. The fourth-order valence-corrected chi connectivity index (χ4v) is 2.48. The summed E-state index contributed by atoms with van der Waals surface area (Å²) < 4.78 is 13.1. The Kier molecular flexibility index (Phi) is 3.63. The predicted octanol–water partition coefficient (Wildman–Crippen LogP) is 3.47. The van der Waals surface area contributed by atoms with Crippen molar-refractivity contribution in [1.29, 1.82) is 5.26 Å². The molecule has 1 aliphatic heterocycles. The summed E-state index contributed by atoms with van der Waals surface area (Å²) in [5.41, 5.74) is 1.32. The summed E-state index contributed by atoms with van der Waals surface area (Å²) in [6.07, 6.45) is 4.76. The van der Waals surface area contributed by atoms with Crippen molar-refractivity contribution in [3.05, 3.63) is 29.6 Å². The molecule has 0 radical (unpaired) electrons. The Hall–Kier alpha value is -1.56. The number of nitriles is 1. The van der Waals surface area contributed by atoms with E-state index in [-0.39, 0.29) is 5.82 Å². The second kappa shape index (κ2) is 5.18. The van der Waals surface area contributed by atoms with Crippen LogP contribution in [0, 0.1) is 17.1 Å². The van der Waals surface area contributed by atoms with E-state index in [1.807, 2.05) is 0 Å². The maximum Gasteiger partial charge on any atom is 0.124 e. The maximum atomic E-state index is 13.1. The van der Waals surface area contributed by atoms with Crippen molar-refractivity contribution < 1.29 is 4.39 Å². The monoisotopic (exact) mass is 232 g/mol. The van der Waals surface area contributed by atoms with Gasteiger partial charge in [-0.3, -0.25) is 0 Å². The van der Waals surface area contributed by atoms with Crippen LogP contribution in [-0.4, -0.2) is 12.6 Å². The van der Waals surface area contributed by atoms with E-state index in [9.17, 15) is 4.39 Å². The minimum Gasteiger partial charge on any atom is -0.368 e. The molecule has 1 aromatic rings. The first-order valence-electron chi connectivity index (χ1n) is 6.18. The van der Waals surface area contributed by atoms with Crippen LogP contribution in [0.3, 0.4) is 0 Å². The number of rotatable bonds is 1. The van der Waals surface area contributed by atoms with Gasteiger partial charge in [-0.1, -0.05) is 12.8 Å². The van der Waals surface area contributed by atoms with Crippen molar-refractivity contribution >= 4 is 5.69 Å². The zero-order valence-electron chi connectivity index (χ0n) is 10.1. The van der Waals surface area contributed by atoms with Crippen molar-refractivity contribution in [3.63, 3.8) is 0 Å². The summed E-state index contributed by atoms with van der Waals surface area (Å²) in [6, 6.07) is 7.02. The second-order valence-electron chi connectivity index (χ2n) is 4.67. The normalized spacial score (nSPS) is 20.8. The van der Waals surface area contributed by atoms with Crippen LogP contribution >= 0.6 is 0 Å². The Morgan fingerprint density at radius 2 is 2.18 bits per heavy atom. The van der Waals surface area contributed by atoms with Gasteiger partial charge in [-0.05, 0) is 38.0 Å². The van der Waals surface area contributed by atoms with Crippen molar-refractivity contribution in [3.8, 4) is 6.07 Å². The smallest absolute Gasteiger partial charge is 0.124 e. The Morgan fingerprint density at radius 3 is 2.94 bits per heavy atom. The maximum absolute atomic E-state index is 13.1. The quantitative estimate of drug-likeness (QED) is 0.741. The average Bonchev–Trinajstić information content (AvgIpc) is 2.54. The molecule has 2 rings (SSSR count). The van der Waals surface area contributed by atoms with Gasteiger partial charge in [-0.2, -0.15) is 5.26 Å². The molecule has 1 heterocycles. The van der Waals surface area contributed by atoms with Gasteiger partial charge in [0.25, 0.3) is 0 Å². The lowest BCUT2D eigenvalue weighted by Gasteiger charge is -2.30. The molecule has 0 aliphatic carbocycles. The van der Waals surface area contributed by atoms with E-state index in [1.54, 1.807) is 6.07 Å². The van der Waals surface area contributed by atoms with Crippen molar-refractivity contribution in [2.75, 3.05) is 11.4 Å². The number of hydrogen-bond acceptors (Lipinski definition) is 2. The average molecular weight is 232 g/mol. The van der Waals surface area contributed by atoms with Gasteiger partial charge in [0.1, 0.15) is 11.9 Å². The van der Waals surface area contributed by atoms with Gasteiger partial charge < -0.3 is 4.90 Å². The SMILES string of the molecule is CC1CCCCCN1c1ccc(F)cc1C#N. The van der Waals surface area contributed by atoms with E-state index in [2.05, 4.69) is 17.9 Å². The Balaban J connectivity index is 2.34. The zero-order valence-corrected chi connectivity index (χ0v) is 10.1. The Bertz CT molecular complexity index is 436. The van der Waals surface area contributed by atoms with E-state index >= 15 is 0 Å². The molecule has 1 unspecified atom stereocenters. The van der Waals surface area contributed by atoms with Crippen LogP contribution in [0.15, 0.2) is 18.2 Å². The van der Waals surface area contributed by atoms with E-state index in [1.165, 1.54) is 25.0 Å². The molecule has 90 valence electrons. The zero-order chi connectivity index (χ0) is 12.3. The van der Waals surface area contributed by atoms with Gasteiger partial charge in [0, 0.05) is 12.6 Å². The van der Waals surface area contributed by atoms with Crippen LogP contribution in [0.4, 0.5) is 10.1 Å². The van der Waals surface area contributed by atoms with Crippen LogP contribution in [0.25, 0.3) is 0 Å². The fraction of sp³-hybridized carbons (Fsp3) is 0.500. The Labute approximate surface area is 102 Å². The minimum atomic E-state index is -0.340. The van der Waals surface area contributed by atoms with Crippen molar-refractivity contribution in [2.45, 2.75) is 38.6 Å². The van der Waals surface area contributed by atoms with Gasteiger partial charge in [0.15, 0.2) is 0 Å². The molecular formula is C14H17FN2. The van der Waals surface area contributed by atoms with Crippen molar-refractivity contribution in [2.24, 2.45) is 0 Å². The van der Waals surface area contributed by atoms with Crippen LogP contribution in [-0.2, 0) is 0 Å². The van der Waals surface area contributed by atoms with E-state index in [4.69, 9.17) is 5.26 Å². The van der Waals surface area contributed by atoms with Gasteiger partial charge in [-0.25, -0.2) is 4.39 Å². The summed E-state index contributed by atoms with van der Waals surface area (Å²) >= 11 is 0. The van der Waals surface area contributed by atoms with Crippen LogP contribution in [0.2, 0.25) is 0 Å². The molecule has 17 heavy (non-hydrogen) atoms. The molecule has 0 amide bonds. The highest BCUT2D eigenvalue weighted by molar-refractivity contribution is 5.60. The summed E-state index contributed by atoms with van der Waals surface area (Å²) in [6.45, 7) is 3.14. The molecule has 0 aromatic heterocycles. The van der Waals surface area contributed by atoms with Gasteiger partial charge >= 0.3 is 0 Å². The topological polar surface area (TPSA) is 27.0 Å². The molecule has 0 bridgehead atoms. The number of nitrogens with zero attached hydrogens (tertiary/aromatic N) is 2. The van der Waals surface area contributed by atoms with Gasteiger partial charge in [0.05, 0.1) is 11.3 Å². The van der Waals surface area contributed by atoms with E-state index < -0.39 is 0 Å². The molecule has 0 saturated carbocycles. The van der Waals surface area contributed by atoms with E-state index in [0.717, 1.165) is 25.1 Å². The molecular weight excluding hydrogens is 215 g/mol. The third-order valence-corrected chi connectivity index (χ3v) is 3.44. The molecule has 1 fully saturated rings. The highest BCUT2D eigenvalue weighted by Crippen LogP contribution is 2.27. The van der Waals surface area contributed by atoms with Crippen LogP contribution in [0.1, 0.15) is 38.2 Å². The highest BCUT2D eigenvalue weighted by atomic mass is 19.1. The van der Waals surface area contributed by atoms with Crippen LogP contribution < -0.4 is 4.90 Å². The molecule has 1 aliphatic rings. The Morgan fingerprint density at radius 1 is 1.35 bits per heavy atom. The van der Waals surface area contributed by atoms with E-state index in [0.29, 0.717) is 11.6 Å². The first kappa shape index (κ1) is 11.9. The first-order valence-corrected chi connectivity index (χ1v) is 6.18. The number of benzene rings is 1. The fourth-order valence-electron chi connectivity index (χ4n) is 2.48. The summed E-state index contributed by atoms with van der Waals surface area (Å²) in [7, 11) is 0. The third-order valence-electron chi connectivity index (χ3n) is 3.44. The predicted molar refractivity (Wildman–Crippen MR) is 66.4 cm³/mol. The second-order valence-corrected chi connectivity index (χ2v) is 4.67. The molecule has 2 nitrogen and oxygen atoms in total. The third kappa shape index (κ3) is 2.58. The standard InChI is InChI=1S/C14H17FN2/c1-11-5-3-2-4-8-17(11)14-7-6-13(15)9-12(14)10-16/h6-7,9,11H,2-5,8H2,1H3. The molecule has 1 aromatic carbocycles. The number of halogens is 1. The summed E-state index contributed by atoms with van der Waals surface area (Å²) in [5, 5.41) is 9.09. The lowest BCUT2D eigenvalue weighted by Crippen LogP contribution is -2.33. The number of anilines is 1. The molecule has 1 saturated heterocycles. The number of hydrogen-bond donors (Lipinski definition) is 0. The van der Waals surface area contributed by atoms with Gasteiger partial charge in [0.2, 0.25) is 0 Å². The first-order chi connectivity index (χ1) is 8.22. The summed E-state index contributed by atoms with van der Waals surface area (Å²) in [4.78, 5) is 2.24. The lowest BCUT2D eigenvalue weighted by atomic mass is 10.1. The lowest BCUT2D eigenvalue weighted by molar-refractivity contribution is 0.610. The van der Waals surface area contributed by atoms with Crippen LogP contribution in [0.5, 0.6) is 0 Å². The van der Waals surface area contributed by atoms with Crippen molar-refractivity contribution in [1.82, 2.24) is 0 Å². The molecule has 0 N–H and O–H groups in total.